The molecule has 0 unspecified atom stereocenters. The van der Waals surface area contributed by atoms with Crippen molar-refractivity contribution >= 4 is 16.0 Å². The lowest BCUT2D eigenvalue weighted by Crippen LogP contribution is -2.42. The van der Waals surface area contributed by atoms with Crippen LogP contribution in [0.25, 0.3) is 0 Å². The first-order chi connectivity index (χ1) is 13.1. The zero-order valence-corrected chi connectivity index (χ0v) is 16.9. The van der Waals surface area contributed by atoms with Crippen molar-refractivity contribution in [3.8, 4) is 5.75 Å². The van der Waals surface area contributed by atoms with Crippen molar-refractivity contribution in [2.24, 2.45) is 10.9 Å². The number of ether oxygens (including phenoxy) is 1. The first-order valence-electron chi connectivity index (χ1n) is 9.76. The van der Waals surface area contributed by atoms with Crippen LogP contribution >= 0.6 is 0 Å². The molecule has 0 spiro atoms. The van der Waals surface area contributed by atoms with E-state index in [9.17, 15) is 8.42 Å². The molecule has 152 valence electrons. The summed E-state index contributed by atoms with van der Waals surface area (Å²) in [4.78, 5) is 4.46. The van der Waals surface area contributed by atoms with E-state index in [2.05, 4.69) is 20.3 Å². The maximum absolute atomic E-state index is 12.0. The summed E-state index contributed by atoms with van der Waals surface area (Å²) in [6.07, 6.45) is 4.26. The Morgan fingerprint density at radius 2 is 2.00 bits per heavy atom. The molecule has 1 saturated carbocycles. The molecule has 0 bridgehead atoms. The number of sulfonamides is 1. The predicted octanol–water partition coefficient (Wildman–Crippen LogP) is 1.73. The molecule has 0 heterocycles. The summed E-state index contributed by atoms with van der Waals surface area (Å²) in [5.74, 6) is 2.04. The second-order valence-corrected chi connectivity index (χ2v) is 8.59. The molecule has 0 aliphatic heterocycles. The number of hydrogen-bond donors (Lipinski definition) is 3. The molecule has 7 nitrogen and oxygen atoms in total. The van der Waals surface area contributed by atoms with Crippen molar-refractivity contribution in [2.45, 2.75) is 32.6 Å². The van der Waals surface area contributed by atoms with Gasteiger partial charge >= 0.3 is 0 Å². The molecule has 27 heavy (non-hydrogen) atoms. The minimum atomic E-state index is -3.24. The van der Waals surface area contributed by atoms with Gasteiger partial charge in [-0.1, -0.05) is 24.6 Å². The third-order valence-electron chi connectivity index (χ3n) is 4.41. The van der Waals surface area contributed by atoms with Crippen molar-refractivity contribution < 1.29 is 13.2 Å². The SMILES string of the molecule is CCNC(=NCCCOc1ccccc1)NCCS(=O)(=O)NCC1CCC1. The summed E-state index contributed by atoms with van der Waals surface area (Å²) in [5.41, 5.74) is 0. The molecule has 0 radical (unpaired) electrons. The highest BCUT2D eigenvalue weighted by Gasteiger charge is 2.19. The van der Waals surface area contributed by atoms with Gasteiger partial charge in [-0.25, -0.2) is 13.1 Å². The fourth-order valence-electron chi connectivity index (χ4n) is 2.62. The van der Waals surface area contributed by atoms with Crippen LogP contribution in [-0.2, 0) is 10.0 Å². The molecule has 1 aliphatic carbocycles. The van der Waals surface area contributed by atoms with Crippen LogP contribution < -0.4 is 20.1 Å². The molecule has 2 rings (SSSR count). The molecule has 8 heteroatoms. The zero-order chi connectivity index (χ0) is 19.4. The number of benzene rings is 1. The Labute approximate surface area is 163 Å². The smallest absolute Gasteiger partial charge is 0.213 e. The third-order valence-corrected chi connectivity index (χ3v) is 5.76. The van der Waals surface area contributed by atoms with E-state index in [0.29, 0.717) is 38.1 Å². The number of guanidine groups is 1. The van der Waals surface area contributed by atoms with Crippen LogP contribution in [0.5, 0.6) is 5.75 Å². The van der Waals surface area contributed by atoms with Gasteiger partial charge in [0.2, 0.25) is 10.0 Å². The minimum Gasteiger partial charge on any atom is -0.494 e. The summed E-state index contributed by atoms with van der Waals surface area (Å²) < 4.78 is 32.4. The Morgan fingerprint density at radius 3 is 2.67 bits per heavy atom. The van der Waals surface area contributed by atoms with Crippen molar-refractivity contribution in [3.05, 3.63) is 30.3 Å². The third kappa shape index (κ3) is 9.10. The zero-order valence-electron chi connectivity index (χ0n) is 16.1. The van der Waals surface area contributed by atoms with Crippen LogP contribution in [0.4, 0.5) is 0 Å². The van der Waals surface area contributed by atoms with Gasteiger partial charge in [0.1, 0.15) is 5.75 Å². The van der Waals surface area contributed by atoms with Crippen LogP contribution in [-0.4, -0.2) is 52.9 Å². The molecule has 1 aromatic carbocycles. The summed E-state index contributed by atoms with van der Waals surface area (Å²) in [7, 11) is -3.24. The molecule has 1 fully saturated rings. The summed E-state index contributed by atoms with van der Waals surface area (Å²) >= 11 is 0. The van der Waals surface area contributed by atoms with Gasteiger partial charge in [-0.3, -0.25) is 4.99 Å². The highest BCUT2D eigenvalue weighted by molar-refractivity contribution is 7.89. The standard InChI is InChI=1S/C19H32N4O3S/c1-2-20-19(21-12-7-14-26-18-10-4-3-5-11-18)22-13-15-27(24,25)23-16-17-8-6-9-17/h3-5,10-11,17,23H,2,6-9,12-16H2,1H3,(H2,20,21,22). The van der Waals surface area contributed by atoms with Gasteiger partial charge in [0, 0.05) is 32.6 Å². The van der Waals surface area contributed by atoms with E-state index in [1.54, 1.807) is 0 Å². The fourth-order valence-corrected chi connectivity index (χ4v) is 3.63. The fraction of sp³-hybridized carbons (Fsp3) is 0.632. The van der Waals surface area contributed by atoms with Crippen LogP contribution in [0.2, 0.25) is 0 Å². The topological polar surface area (TPSA) is 91.8 Å². The molecule has 0 saturated heterocycles. The van der Waals surface area contributed by atoms with E-state index in [4.69, 9.17) is 4.74 Å². The molecule has 0 atom stereocenters. The molecular weight excluding hydrogens is 364 g/mol. The van der Waals surface area contributed by atoms with E-state index in [-0.39, 0.29) is 5.75 Å². The number of aliphatic imine (C=N–C) groups is 1. The molecular formula is C19H32N4O3S. The van der Waals surface area contributed by atoms with Gasteiger partial charge in [0.05, 0.1) is 12.4 Å². The predicted molar refractivity (Wildman–Crippen MR) is 110 cm³/mol. The minimum absolute atomic E-state index is 0.0429. The van der Waals surface area contributed by atoms with E-state index >= 15 is 0 Å². The molecule has 1 aliphatic rings. The van der Waals surface area contributed by atoms with Crippen LogP contribution in [0.1, 0.15) is 32.6 Å². The lowest BCUT2D eigenvalue weighted by Gasteiger charge is -2.25. The normalized spacial score (nSPS) is 15.2. The lowest BCUT2D eigenvalue weighted by molar-refractivity contribution is 0.313. The number of nitrogens with zero attached hydrogens (tertiary/aromatic N) is 1. The number of para-hydroxylation sites is 1. The summed E-state index contributed by atoms with van der Waals surface area (Å²) in [5, 5.41) is 6.21. The van der Waals surface area contributed by atoms with Crippen molar-refractivity contribution in [3.63, 3.8) is 0 Å². The van der Waals surface area contributed by atoms with Gasteiger partial charge in [0.25, 0.3) is 0 Å². The average molecular weight is 397 g/mol. The Kier molecular flexibility index (Phi) is 9.41. The van der Waals surface area contributed by atoms with Gasteiger partial charge in [0.15, 0.2) is 5.96 Å². The maximum Gasteiger partial charge on any atom is 0.213 e. The number of nitrogens with one attached hydrogen (secondary N) is 3. The molecule has 1 aromatic rings. The summed E-state index contributed by atoms with van der Waals surface area (Å²) in [6, 6.07) is 9.68. The summed E-state index contributed by atoms with van der Waals surface area (Å²) in [6.45, 7) is 4.79. The highest BCUT2D eigenvalue weighted by atomic mass is 32.2. The second-order valence-electron chi connectivity index (χ2n) is 6.67. The van der Waals surface area contributed by atoms with E-state index in [0.717, 1.165) is 31.6 Å². The van der Waals surface area contributed by atoms with Gasteiger partial charge < -0.3 is 15.4 Å². The monoisotopic (exact) mass is 396 g/mol. The Balaban J connectivity index is 1.63. The van der Waals surface area contributed by atoms with Crippen molar-refractivity contribution in [2.75, 3.05) is 38.5 Å². The van der Waals surface area contributed by atoms with Crippen molar-refractivity contribution in [1.29, 1.82) is 0 Å². The highest BCUT2D eigenvalue weighted by Crippen LogP contribution is 2.25. The Bertz CT molecular complexity index is 661. The Morgan fingerprint density at radius 1 is 1.22 bits per heavy atom. The van der Waals surface area contributed by atoms with Crippen LogP contribution in [0, 0.1) is 5.92 Å². The van der Waals surface area contributed by atoms with Crippen LogP contribution in [0.15, 0.2) is 35.3 Å². The lowest BCUT2D eigenvalue weighted by atomic mass is 9.86. The average Bonchev–Trinajstić information content (AvgIpc) is 2.60. The molecule has 3 N–H and O–H groups in total. The van der Waals surface area contributed by atoms with Gasteiger partial charge in [-0.2, -0.15) is 0 Å². The molecule has 0 aromatic heterocycles. The van der Waals surface area contributed by atoms with Gasteiger partial charge in [-0.05, 0) is 37.8 Å². The van der Waals surface area contributed by atoms with Gasteiger partial charge in [-0.15, -0.1) is 0 Å². The Hall–Kier alpha value is -1.80. The van der Waals surface area contributed by atoms with Crippen molar-refractivity contribution in [1.82, 2.24) is 15.4 Å². The first-order valence-corrected chi connectivity index (χ1v) is 11.4. The first kappa shape index (κ1) is 21.5. The largest absolute Gasteiger partial charge is 0.494 e. The number of hydrogen-bond acceptors (Lipinski definition) is 4. The van der Waals surface area contributed by atoms with E-state index in [1.807, 2.05) is 37.3 Å². The number of rotatable bonds is 12. The van der Waals surface area contributed by atoms with E-state index < -0.39 is 10.0 Å². The maximum atomic E-state index is 12.0. The second kappa shape index (κ2) is 11.8. The van der Waals surface area contributed by atoms with E-state index in [1.165, 1.54) is 6.42 Å². The van der Waals surface area contributed by atoms with Crippen LogP contribution in [0.3, 0.4) is 0 Å². The quantitative estimate of drug-likeness (QED) is 0.284. The molecule has 0 amide bonds.